The van der Waals surface area contributed by atoms with Crippen LogP contribution in [0.25, 0.3) is 22.4 Å². The number of para-hydroxylation sites is 1. The van der Waals surface area contributed by atoms with Crippen molar-refractivity contribution in [1.82, 2.24) is 4.98 Å². The third-order valence-electron chi connectivity index (χ3n) is 4.42. The number of fused-ring (bicyclic) bond motifs is 1. The van der Waals surface area contributed by atoms with Crippen molar-refractivity contribution in [3.05, 3.63) is 83.1 Å². The Hall–Kier alpha value is -4.15. The Morgan fingerprint density at radius 1 is 1.13 bits per heavy atom. The maximum atomic E-state index is 12.8. The van der Waals surface area contributed by atoms with Gasteiger partial charge in [-0.2, -0.15) is 5.26 Å². The number of carbonyl (C=O) groups excluding carboxylic acids is 2. The van der Waals surface area contributed by atoms with Crippen LogP contribution in [0.15, 0.2) is 71.3 Å². The number of furan rings is 1. The number of ether oxygens (including phenoxy) is 1. The van der Waals surface area contributed by atoms with Crippen LogP contribution in [-0.4, -0.2) is 23.5 Å². The Bertz CT molecular complexity index is 1330. The van der Waals surface area contributed by atoms with Crippen molar-refractivity contribution >= 4 is 40.1 Å². The molecule has 0 unspecified atom stereocenters. The molecule has 4 rings (SSSR count). The average Bonchev–Trinajstić information content (AvgIpc) is 3.32. The highest BCUT2D eigenvalue weighted by molar-refractivity contribution is 6.32. The summed E-state index contributed by atoms with van der Waals surface area (Å²) in [6, 6.07) is 18.6. The number of amides is 1. The van der Waals surface area contributed by atoms with Gasteiger partial charge in [0.1, 0.15) is 11.8 Å². The summed E-state index contributed by atoms with van der Waals surface area (Å²) < 4.78 is 10.6. The summed E-state index contributed by atoms with van der Waals surface area (Å²) in [5.41, 5.74) is 2.03. The van der Waals surface area contributed by atoms with Gasteiger partial charge in [-0.05, 0) is 42.5 Å². The van der Waals surface area contributed by atoms with Crippen molar-refractivity contribution in [3.8, 4) is 17.5 Å². The van der Waals surface area contributed by atoms with Gasteiger partial charge in [-0.1, -0.05) is 29.8 Å². The molecule has 31 heavy (non-hydrogen) atoms. The third-order valence-corrected chi connectivity index (χ3v) is 4.73. The molecule has 0 fully saturated rings. The minimum atomic E-state index is -0.667. The van der Waals surface area contributed by atoms with Crippen molar-refractivity contribution in [1.29, 1.82) is 5.26 Å². The fourth-order valence-corrected chi connectivity index (χ4v) is 3.21. The van der Waals surface area contributed by atoms with E-state index in [-0.39, 0.29) is 10.6 Å². The van der Waals surface area contributed by atoms with Gasteiger partial charge in [-0.25, -0.2) is 9.78 Å². The number of halogens is 1. The zero-order valence-corrected chi connectivity index (χ0v) is 16.7. The lowest BCUT2D eigenvalue weighted by Gasteiger charge is -2.10. The Morgan fingerprint density at radius 3 is 2.71 bits per heavy atom. The predicted octanol–water partition coefficient (Wildman–Crippen LogP) is 4.82. The number of hydrogen-bond donors (Lipinski definition) is 1. The van der Waals surface area contributed by atoms with E-state index in [4.69, 9.17) is 26.0 Å². The maximum absolute atomic E-state index is 12.8. The third kappa shape index (κ3) is 4.39. The van der Waals surface area contributed by atoms with Crippen LogP contribution < -0.4 is 5.32 Å². The minimum Gasteiger partial charge on any atom is -0.463 e. The van der Waals surface area contributed by atoms with Gasteiger partial charge >= 0.3 is 5.97 Å². The van der Waals surface area contributed by atoms with Gasteiger partial charge in [0.05, 0.1) is 27.9 Å². The molecule has 7 nitrogen and oxygen atoms in total. The zero-order chi connectivity index (χ0) is 21.8. The van der Waals surface area contributed by atoms with Gasteiger partial charge in [0.15, 0.2) is 12.4 Å². The molecule has 0 aliphatic carbocycles. The van der Waals surface area contributed by atoms with Crippen LogP contribution in [0.5, 0.6) is 0 Å². The van der Waals surface area contributed by atoms with Gasteiger partial charge in [0.25, 0.3) is 5.91 Å². The Balaban J connectivity index is 1.51. The summed E-state index contributed by atoms with van der Waals surface area (Å²) in [5.74, 6) is -0.701. The molecule has 152 valence electrons. The molecule has 0 aliphatic rings. The Labute approximate surface area is 181 Å². The van der Waals surface area contributed by atoms with Crippen LogP contribution in [0.4, 0.5) is 5.69 Å². The predicted molar refractivity (Wildman–Crippen MR) is 115 cm³/mol. The molecule has 0 saturated carbocycles. The first-order valence-corrected chi connectivity index (χ1v) is 9.53. The van der Waals surface area contributed by atoms with Crippen LogP contribution in [0.1, 0.15) is 15.9 Å². The zero-order valence-electron chi connectivity index (χ0n) is 16.0. The number of aromatic nitrogens is 1. The Morgan fingerprint density at radius 2 is 1.97 bits per heavy atom. The van der Waals surface area contributed by atoms with Gasteiger partial charge < -0.3 is 14.5 Å². The van der Waals surface area contributed by atoms with E-state index in [9.17, 15) is 9.59 Å². The Kier molecular flexibility index (Phi) is 5.65. The molecule has 4 aromatic rings. The highest BCUT2D eigenvalue weighted by Gasteiger charge is 2.17. The van der Waals surface area contributed by atoms with E-state index in [0.717, 1.165) is 0 Å². The lowest BCUT2D eigenvalue weighted by atomic mass is 10.1. The number of hydrogen-bond acceptors (Lipinski definition) is 6. The summed E-state index contributed by atoms with van der Waals surface area (Å²) in [6.07, 6.45) is 1.52. The van der Waals surface area contributed by atoms with Gasteiger partial charge in [0, 0.05) is 11.1 Å². The fourth-order valence-electron chi connectivity index (χ4n) is 2.98. The number of pyridine rings is 1. The first-order chi connectivity index (χ1) is 15.0. The first-order valence-electron chi connectivity index (χ1n) is 9.15. The molecule has 2 aromatic carbocycles. The molecular weight excluding hydrogens is 418 g/mol. The first kappa shape index (κ1) is 20.1. The smallest absolute Gasteiger partial charge is 0.339 e. The van der Waals surface area contributed by atoms with Crippen molar-refractivity contribution in [3.63, 3.8) is 0 Å². The van der Waals surface area contributed by atoms with Crippen LogP contribution in [0.2, 0.25) is 5.02 Å². The second-order valence-corrected chi connectivity index (χ2v) is 6.89. The maximum Gasteiger partial charge on any atom is 0.339 e. The van der Waals surface area contributed by atoms with E-state index in [1.807, 2.05) is 12.1 Å². The fraction of sp³-hybridized carbons (Fsp3) is 0.0435. The lowest BCUT2D eigenvalue weighted by Crippen LogP contribution is -2.21. The summed E-state index contributed by atoms with van der Waals surface area (Å²) in [6.45, 7) is -0.497. The number of benzene rings is 2. The standard InChI is InChI=1S/C23H14ClN3O4/c24-18-10-15(8-7-14(18)12-25)26-22(28)13-31-23(29)17-11-20(21-6-3-9-30-21)27-19-5-2-1-4-16(17)19/h1-11H,13H2,(H,26,28). The van der Waals surface area contributed by atoms with Crippen LogP contribution in [0, 0.1) is 11.3 Å². The molecule has 0 spiro atoms. The molecule has 2 aromatic heterocycles. The van der Waals surface area contributed by atoms with Crippen LogP contribution in [0.3, 0.4) is 0 Å². The van der Waals surface area contributed by atoms with E-state index in [1.54, 1.807) is 36.4 Å². The average molecular weight is 432 g/mol. The normalized spacial score (nSPS) is 10.5. The van der Waals surface area contributed by atoms with Crippen molar-refractivity contribution in [2.45, 2.75) is 0 Å². The minimum absolute atomic E-state index is 0.214. The molecule has 8 heteroatoms. The number of esters is 1. The van der Waals surface area contributed by atoms with E-state index >= 15 is 0 Å². The molecule has 0 atom stereocenters. The molecule has 2 heterocycles. The van der Waals surface area contributed by atoms with Crippen molar-refractivity contribution in [2.75, 3.05) is 11.9 Å². The monoisotopic (exact) mass is 431 g/mol. The topological polar surface area (TPSA) is 105 Å². The number of anilines is 1. The molecule has 0 bridgehead atoms. The second-order valence-electron chi connectivity index (χ2n) is 6.48. The molecule has 1 N–H and O–H groups in total. The van der Waals surface area contributed by atoms with Crippen LogP contribution >= 0.6 is 11.6 Å². The number of rotatable bonds is 5. The van der Waals surface area contributed by atoms with Gasteiger partial charge in [0.2, 0.25) is 0 Å². The molecular formula is C23H14ClN3O4. The van der Waals surface area contributed by atoms with E-state index in [2.05, 4.69) is 10.3 Å². The highest BCUT2D eigenvalue weighted by atomic mass is 35.5. The molecule has 0 saturated heterocycles. The SMILES string of the molecule is N#Cc1ccc(NC(=O)COC(=O)c2cc(-c3ccco3)nc3ccccc23)cc1Cl. The number of nitriles is 1. The lowest BCUT2D eigenvalue weighted by molar-refractivity contribution is -0.119. The summed E-state index contributed by atoms with van der Waals surface area (Å²) in [5, 5.41) is 12.3. The van der Waals surface area contributed by atoms with Gasteiger partial charge in [-0.3, -0.25) is 4.79 Å². The van der Waals surface area contributed by atoms with Crippen molar-refractivity contribution in [2.24, 2.45) is 0 Å². The largest absolute Gasteiger partial charge is 0.463 e. The van der Waals surface area contributed by atoms with E-state index in [1.165, 1.54) is 24.5 Å². The van der Waals surface area contributed by atoms with Gasteiger partial charge in [-0.15, -0.1) is 0 Å². The van der Waals surface area contributed by atoms with E-state index in [0.29, 0.717) is 33.6 Å². The number of nitrogens with one attached hydrogen (secondary N) is 1. The number of carbonyl (C=O) groups is 2. The quantitative estimate of drug-likeness (QED) is 0.454. The van der Waals surface area contributed by atoms with E-state index < -0.39 is 18.5 Å². The number of nitrogens with zero attached hydrogens (tertiary/aromatic N) is 2. The molecule has 0 radical (unpaired) electrons. The second kappa shape index (κ2) is 8.69. The summed E-state index contributed by atoms with van der Waals surface area (Å²) in [7, 11) is 0. The summed E-state index contributed by atoms with van der Waals surface area (Å²) >= 11 is 5.96. The molecule has 1 amide bonds. The van der Waals surface area contributed by atoms with Crippen LogP contribution in [-0.2, 0) is 9.53 Å². The molecule has 0 aliphatic heterocycles. The van der Waals surface area contributed by atoms with Crippen molar-refractivity contribution < 1.29 is 18.7 Å². The summed E-state index contributed by atoms with van der Waals surface area (Å²) in [4.78, 5) is 29.5. The highest BCUT2D eigenvalue weighted by Crippen LogP contribution is 2.26.